The molecule has 2 aromatic carbocycles. The van der Waals surface area contributed by atoms with Gasteiger partial charge < -0.3 is 9.64 Å². The molecule has 1 aliphatic rings. The lowest BCUT2D eigenvalue weighted by Crippen LogP contribution is -2.48. The Hall–Kier alpha value is -3.75. The number of thiazole rings is 1. The van der Waals surface area contributed by atoms with Gasteiger partial charge in [-0.05, 0) is 29.3 Å². The molecule has 1 fully saturated rings. The van der Waals surface area contributed by atoms with Crippen LogP contribution >= 0.6 is 11.3 Å². The lowest BCUT2D eigenvalue weighted by Gasteiger charge is -2.34. The minimum atomic E-state index is -0.0546. The number of fused-ring (bicyclic) bond motifs is 1. The molecule has 1 saturated heterocycles. The van der Waals surface area contributed by atoms with Gasteiger partial charge in [-0.2, -0.15) is 0 Å². The number of aromatic nitrogens is 2. The highest BCUT2D eigenvalue weighted by atomic mass is 32.1. The highest BCUT2D eigenvalue weighted by Crippen LogP contribution is 2.16. The van der Waals surface area contributed by atoms with Gasteiger partial charge in [0.25, 0.3) is 5.56 Å². The Morgan fingerprint density at radius 3 is 2.57 bits per heavy atom. The molecule has 4 aromatic rings. The Kier molecular flexibility index (Phi) is 7.02. The lowest BCUT2D eigenvalue weighted by molar-refractivity contribution is -0.127. The van der Waals surface area contributed by atoms with Crippen molar-refractivity contribution in [2.24, 2.45) is 0 Å². The summed E-state index contributed by atoms with van der Waals surface area (Å²) in [7, 11) is 0. The maximum absolute atomic E-state index is 12.7. The average Bonchev–Trinajstić information content (AvgIpc) is 3.37. The number of piperazine rings is 1. The number of carbonyl (C=O) groups is 1. The van der Waals surface area contributed by atoms with Crippen LogP contribution in [0.5, 0.6) is 5.75 Å². The Balaban J connectivity index is 1.10. The normalized spacial score (nSPS) is 14.6. The molecule has 1 aliphatic heterocycles. The number of carbonyl (C=O) groups excluding carboxylic acids is 1. The van der Waals surface area contributed by atoms with E-state index in [1.807, 2.05) is 71.0 Å². The molecule has 3 heterocycles. The van der Waals surface area contributed by atoms with Gasteiger partial charge >= 0.3 is 0 Å². The SMILES string of the molecule is O=C(/C=C/c1ccc(OCc2ccccc2)cc1)N1CCN(Cc2cc(=O)n3ccsc3n2)CC1. The fourth-order valence-electron chi connectivity index (χ4n) is 4.01. The summed E-state index contributed by atoms with van der Waals surface area (Å²) in [5, 5.41) is 1.86. The van der Waals surface area contributed by atoms with Crippen LogP contribution in [0.1, 0.15) is 16.8 Å². The van der Waals surface area contributed by atoms with Crippen molar-refractivity contribution in [1.29, 1.82) is 0 Å². The van der Waals surface area contributed by atoms with Crippen molar-refractivity contribution in [1.82, 2.24) is 19.2 Å². The van der Waals surface area contributed by atoms with E-state index < -0.39 is 0 Å². The van der Waals surface area contributed by atoms with E-state index in [1.54, 1.807) is 22.7 Å². The molecule has 1 amide bonds. The standard InChI is InChI=1S/C27H26N4O3S/c32-25(11-8-21-6-9-24(10-7-21)34-20-22-4-2-1-3-5-22)30-14-12-29(13-15-30)19-23-18-26(33)31-16-17-35-27(31)28-23/h1-11,16-18H,12-15,19-20H2/b11-8+. The maximum atomic E-state index is 12.7. The van der Waals surface area contributed by atoms with Crippen LogP contribution in [0.3, 0.4) is 0 Å². The highest BCUT2D eigenvalue weighted by molar-refractivity contribution is 7.15. The molecule has 0 bridgehead atoms. The van der Waals surface area contributed by atoms with E-state index in [9.17, 15) is 9.59 Å². The fourth-order valence-corrected chi connectivity index (χ4v) is 4.75. The van der Waals surface area contributed by atoms with Crippen LogP contribution < -0.4 is 10.3 Å². The van der Waals surface area contributed by atoms with Gasteiger partial charge in [0.15, 0.2) is 4.96 Å². The third-order valence-corrected chi connectivity index (χ3v) is 6.73. The number of hydrogen-bond acceptors (Lipinski definition) is 6. The summed E-state index contributed by atoms with van der Waals surface area (Å²) in [5.41, 5.74) is 2.79. The van der Waals surface area contributed by atoms with Crippen molar-refractivity contribution in [3.63, 3.8) is 0 Å². The van der Waals surface area contributed by atoms with Crippen molar-refractivity contribution < 1.29 is 9.53 Å². The van der Waals surface area contributed by atoms with Gasteiger partial charge in [0, 0.05) is 56.4 Å². The first-order chi connectivity index (χ1) is 17.1. The molecule has 5 rings (SSSR count). The summed E-state index contributed by atoms with van der Waals surface area (Å²) >= 11 is 1.45. The third kappa shape index (κ3) is 5.85. The highest BCUT2D eigenvalue weighted by Gasteiger charge is 2.20. The number of nitrogens with zero attached hydrogens (tertiary/aromatic N) is 4. The van der Waals surface area contributed by atoms with Crippen LogP contribution in [-0.4, -0.2) is 51.3 Å². The molecule has 2 aromatic heterocycles. The summed E-state index contributed by atoms with van der Waals surface area (Å²) in [6, 6.07) is 19.4. The van der Waals surface area contributed by atoms with Gasteiger partial charge in [0.1, 0.15) is 12.4 Å². The topological polar surface area (TPSA) is 67.2 Å². The Labute approximate surface area is 207 Å². The zero-order valence-corrected chi connectivity index (χ0v) is 20.1. The van der Waals surface area contributed by atoms with Crippen LogP contribution in [0.15, 0.2) is 83.1 Å². The van der Waals surface area contributed by atoms with E-state index in [0.717, 1.165) is 35.7 Å². The van der Waals surface area contributed by atoms with Crippen molar-refractivity contribution in [2.75, 3.05) is 26.2 Å². The largest absolute Gasteiger partial charge is 0.489 e. The van der Waals surface area contributed by atoms with Crippen LogP contribution in [0.25, 0.3) is 11.0 Å². The third-order valence-electron chi connectivity index (χ3n) is 5.97. The molecule has 0 aliphatic carbocycles. The van der Waals surface area contributed by atoms with E-state index in [-0.39, 0.29) is 11.5 Å². The Morgan fingerprint density at radius 1 is 1.03 bits per heavy atom. The van der Waals surface area contributed by atoms with E-state index in [0.29, 0.717) is 31.2 Å². The van der Waals surface area contributed by atoms with Crippen LogP contribution in [-0.2, 0) is 17.9 Å². The predicted molar refractivity (Wildman–Crippen MR) is 137 cm³/mol. The monoisotopic (exact) mass is 486 g/mol. The van der Waals surface area contributed by atoms with E-state index in [4.69, 9.17) is 4.74 Å². The summed E-state index contributed by atoms with van der Waals surface area (Å²) in [5.74, 6) is 0.800. The molecule has 0 saturated carbocycles. The number of benzene rings is 2. The van der Waals surface area contributed by atoms with Crippen LogP contribution in [0.2, 0.25) is 0 Å². The molecular weight excluding hydrogens is 460 g/mol. The average molecular weight is 487 g/mol. The molecule has 35 heavy (non-hydrogen) atoms. The van der Waals surface area contributed by atoms with Gasteiger partial charge in [0.05, 0.1) is 5.69 Å². The minimum absolute atomic E-state index is 0.00503. The van der Waals surface area contributed by atoms with Crippen molar-refractivity contribution in [3.05, 3.63) is 105 Å². The van der Waals surface area contributed by atoms with Gasteiger partial charge in [0.2, 0.25) is 5.91 Å². The Morgan fingerprint density at radius 2 is 1.80 bits per heavy atom. The number of ether oxygens (including phenoxy) is 1. The minimum Gasteiger partial charge on any atom is -0.489 e. The number of amides is 1. The molecule has 178 valence electrons. The van der Waals surface area contributed by atoms with Crippen molar-refractivity contribution in [3.8, 4) is 5.75 Å². The van der Waals surface area contributed by atoms with Gasteiger partial charge in [-0.15, -0.1) is 11.3 Å². The van der Waals surface area contributed by atoms with E-state index in [2.05, 4.69) is 9.88 Å². The van der Waals surface area contributed by atoms with Crippen LogP contribution in [0, 0.1) is 0 Å². The van der Waals surface area contributed by atoms with Gasteiger partial charge in [-0.3, -0.25) is 18.9 Å². The Bertz CT molecular complexity index is 1370. The van der Waals surface area contributed by atoms with Crippen molar-refractivity contribution in [2.45, 2.75) is 13.2 Å². The summed E-state index contributed by atoms with van der Waals surface area (Å²) in [4.78, 5) is 34.2. The molecule has 0 atom stereocenters. The number of rotatable bonds is 7. The zero-order chi connectivity index (χ0) is 24.0. The second-order valence-corrected chi connectivity index (χ2v) is 9.29. The van der Waals surface area contributed by atoms with Crippen molar-refractivity contribution >= 4 is 28.3 Å². The summed E-state index contributed by atoms with van der Waals surface area (Å²) < 4.78 is 7.38. The first kappa shape index (κ1) is 23.0. The smallest absolute Gasteiger partial charge is 0.258 e. The quantitative estimate of drug-likeness (QED) is 0.373. The lowest BCUT2D eigenvalue weighted by atomic mass is 10.2. The molecule has 0 radical (unpaired) electrons. The predicted octanol–water partition coefficient (Wildman–Crippen LogP) is 3.69. The zero-order valence-electron chi connectivity index (χ0n) is 19.2. The fraction of sp³-hybridized carbons (Fsp3) is 0.222. The van der Waals surface area contributed by atoms with E-state index in [1.165, 1.54) is 11.3 Å². The van der Waals surface area contributed by atoms with Gasteiger partial charge in [-0.25, -0.2) is 4.98 Å². The molecule has 0 unspecified atom stereocenters. The van der Waals surface area contributed by atoms with E-state index >= 15 is 0 Å². The second kappa shape index (κ2) is 10.7. The molecule has 8 heteroatoms. The molecule has 7 nitrogen and oxygen atoms in total. The second-order valence-electron chi connectivity index (χ2n) is 8.42. The molecular formula is C27H26N4O3S. The molecule has 0 N–H and O–H groups in total. The van der Waals surface area contributed by atoms with Crippen LogP contribution in [0.4, 0.5) is 0 Å². The first-order valence-electron chi connectivity index (χ1n) is 11.6. The molecule has 0 spiro atoms. The summed E-state index contributed by atoms with van der Waals surface area (Å²) in [6.07, 6.45) is 5.21. The van der Waals surface area contributed by atoms with Gasteiger partial charge in [-0.1, -0.05) is 42.5 Å². The number of hydrogen-bond donors (Lipinski definition) is 0. The maximum Gasteiger partial charge on any atom is 0.258 e. The summed E-state index contributed by atoms with van der Waals surface area (Å²) in [6.45, 7) is 3.93. The first-order valence-corrected chi connectivity index (χ1v) is 12.4.